The third-order valence-electron chi connectivity index (χ3n) is 4.25. The van der Waals surface area contributed by atoms with Crippen molar-refractivity contribution >= 4 is 5.97 Å². The SMILES string of the molecule is O=C(O)CCC1CCCCN1C1CCCOCC1. The molecule has 4 nitrogen and oxygen atoms in total. The molecule has 2 unspecified atom stereocenters. The molecule has 2 fully saturated rings. The molecule has 1 N–H and O–H groups in total. The maximum atomic E-state index is 10.7. The molecule has 0 aliphatic carbocycles. The zero-order valence-corrected chi connectivity index (χ0v) is 11.1. The van der Waals surface area contributed by atoms with Crippen molar-refractivity contribution in [3.63, 3.8) is 0 Å². The van der Waals surface area contributed by atoms with Gasteiger partial charge in [-0.1, -0.05) is 6.42 Å². The Kier molecular flexibility index (Phi) is 5.45. The lowest BCUT2D eigenvalue weighted by molar-refractivity contribution is -0.137. The molecule has 2 aliphatic heterocycles. The predicted molar refractivity (Wildman–Crippen MR) is 69.7 cm³/mol. The van der Waals surface area contributed by atoms with Gasteiger partial charge in [0.2, 0.25) is 0 Å². The van der Waals surface area contributed by atoms with Crippen molar-refractivity contribution in [1.29, 1.82) is 0 Å². The quantitative estimate of drug-likeness (QED) is 0.837. The molecule has 18 heavy (non-hydrogen) atoms. The molecule has 0 bridgehead atoms. The van der Waals surface area contributed by atoms with Crippen LogP contribution in [-0.2, 0) is 9.53 Å². The van der Waals surface area contributed by atoms with Crippen molar-refractivity contribution in [3.05, 3.63) is 0 Å². The van der Waals surface area contributed by atoms with Gasteiger partial charge in [-0.05, 0) is 45.1 Å². The molecule has 0 saturated carbocycles. The van der Waals surface area contributed by atoms with Gasteiger partial charge in [0.25, 0.3) is 0 Å². The molecule has 0 aromatic carbocycles. The molecule has 0 aromatic heterocycles. The Bertz CT molecular complexity index is 262. The van der Waals surface area contributed by atoms with Crippen LogP contribution in [0.1, 0.15) is 51.4 Å². The van der Waals surface area contributed by atoms with E-state index in [0.717, 1.165) is 39.0 Å². The van der Waals surface area contributed by atoms with Gasteiger partial charge in [0, 0.05) is 31.7 Å². The van der Waals surface area contributed by atoms with Crippen LogP contribution in [0, 0.1) is 0 Å². The molecule has 2 heterocycles. The molecule has 4 heteroatoms. The van der Waals surface area contributed by atoms with Crippen molar-refractivity contribution in [2.24, 2.45) is 0 Å². The van der Waals surface area contributed by atoms with Crippen LogP contribution in [0.15, 0.2) is 0 Å². The zero-order chi connectivity index (χ0) is 12.8. The Morgan fingerprint density at radius 1 is 1.17 bits per heavy atom. The summed E-state index contributed by atoms with van der Waals surface area (Å²) in [5.41, 5.74) is 0. The van der Waals surface area contributed by atoms with E-state index in [4.69, 9.17) is 9.84 Å². The Morgan fingerprint density at radius 3 is 2.89 bits per heavy atom. The second kappa shape index (κ2) is 7.10. The molecule has 2 atom stereocenters. The first kappa shape index (κ1) is 13.8. The minimum atomic E-state index is -0.662. The van der Waals surface area contributed by atoms with Crippen molar-refractivity contribution in [2.45, 2.75) is 63.5 Å². The fraction of sp³-hybridized carbons (Fsp3) is 0.929. The van der Waals surface area contributed by atoms with Gasteiger partial charge in [-0.3, -0.25) is 9.69 Å². The molecule has 0 amide bonds. The lowest BCUT2D eigenvalue weighted by Gasteiger charge is -2.41. The average molecular weight is 255 g/mol. The number of carboxylic acid groups (broad SMARTS) is 1. The average Bonchev–Trinajstić information content (AvgIpc) is 2.65. The summed E-state index contributed by atoms with van der Waals surface area (Å²) in [7, 11) is 0. The van der Waals surface area contributed by atoms with E-state index in [0.29, 0.717) is 18.5 Å². The highest BCUT2D eigenvalue weighted by Gasteiger charge is 2.29. The summed E-state index contributed by atoms with van der Waals surface area (Å²) in [4.78, 5) is 13.3. The van der Waals surface area contributed by atoms with Gasteiger partial charge in [-0.25, -0.2) is 0 Å². The van der Waals surface area contributed by atoms with E-state index in [1.807, 2.05) is 0 Å². The molecule has 2 aliphatic rings. The molecule has 2 rings (SSSR count). The van der Waals surface area contributed by atoms with E-state index in [-0.39, 0.29) is 0 Å². The lowest BCUT2D eigenvalue weighted by Crippen LogP contribution is -2.46. The van der Waals surface area contributed by atoms with E-state index >= 15 is 0 Å². The van der Waals surface area contributed by atoms with Crippen LogP contribution >= 0.6 is 0 Å². The molecular formula is C14H25NO3. The summed E-state index contributed by atoms with van der Waals surface area (Å²) < 4.78 is 5.53. The van der Waals surface area contributed by atoms with Crippen molar-refractivity contribution in [3.8, 4) is 0 Å². The Balaban J connectivity index is 1.90. The summed E-state index contributed by atoms with van der Waals surface area (Å²) in [5, 5.41) is 8.85. The van der Waals surface area contributed by atoms with Crippen LogP contribution in [0.2, 0.25) is 0 Å². The highest BCUT2D eigenvalue weighted by molar-refractivity contribution is 5.66. The van der Waals surface area contributed by atoms with Gasteiger partial charge in [-0.2, -0.15) is 0 Å². The molecule has 2 saturated heterocycles. The number of hydrogen-bond donors (Lipinski definition) is 1. The monoisotopic (exact) mass is 255 g/mol. The number of aliphatic carboxylic acids is 1. The zero-order valence-electron chi connectivity index (χ0n) is 11.1. The molecule has 0 spiro atoms. The summed E-state index contributed by atoms with van der Waals surface area (Å²) in [5.74, 6) is -0.662. The van der Waals surface area contributed by atoms with Crippen molar-refractivity contribution in [2.75, 3.05) is 19.8 Å². The third-order valence-corrected chi connectivity index (χ3v) is 4.25. The lowest BCUT2D eigenvalue weighted by atomic mass is 9.94. The number of rotatable bonds is 4. The Hall–Kier alpha value is -0.610. The topological polar surface area (TPSA) is 49.8 Å². The molecule has 104 valence electrons. The standard InChI is InChI=1S/C14H25NO3/c16-14(17)7-6-12-4-1-2-9-15(12)13-5-3-10-18-11-8-13/h12-13H,1-11H2,(H,16,17). The second-order valence-corrected chi connectivity index (χ2v) is 5.52. The first-order chi connectivity index (χ1) is 8.77. The number of carbonyl (C=O) groups is 1. The predicted octanol–water partition coefficient (Wildman–Crippen LogP) is 2.27. The third kappa shape index (κ3) is 3.95. The summed E-state index contributed by atoms with van der Waals surface area (Å²) in [6.45, 7) is 2.91. The van der Waals surface area contributed by atoms with Crippen molar-refractivity contribution in [1.82, 2.24) is 4.90 Å². The number of ether oxygens (including phenoxy) is 1. The van der Waals surface area contributed by atoms with E-state index in [9.17, 15) is 4.79 Å². The second-order valence-electron chi connectivity index (χ2n) is 5.52. The fourth-order valence-corrected chi connectivity index (χ4v) is 3.32. The first-order valence-electron chi connectivity index (χ1n) is 7.32. The summed E-state index contributed by atoms with van der Waals surface area (Å²) in [6.07, 6.45) is 8.28. The van der Waals surface area contributed by atoms with Gasteiger partial charge in [0.1, 0.15) is 0 Å². The van der Waals surface area contributed by atoms with Gasteiger partial charge >= 0.3 is 5.97 Å². The van der Waals surface area contributed by atoms with E-state index < -0.39 is 5.97 Å². The molecular weight excluding hydrogens is 230 g/mol. The normalized spacial score (nSPS) is 30.9. The van der Waals surface area contributed by atoms with E-state index in [1.54, 1.807) is 0 Å². The number of piperidine rings is 1. The van der Waals surface area contributed by atoms with Crippen LogP contribution in [0.25, 0.3) is 0 Å². The van der Waals surface area contributed by atoms with Crippen LogP contribution in [0.5, 0.6) is 0 Å². The Labute approximate surface area is 109 Å². The first-order valence-corrected chi connectivity index (χ1v) is 7.32. The number of carboxylic acids is 1. The minimum Gasteiger partial charge on any atom is -0.481 e. The Morgan fingerprint density at radius 2 is 2.06 bits per heavy atom. The summed E-state index contributed by atoms with van der Waals surface area (Å²) in [6, 6.07) is 1.10. The van der Waals surface area contributed by atoms with Gasteiger partial charge in [0.05, 0.1) is 0 Å². The van der Waals surface area contributed by atoms with Crippen molar-refractivity contribution < 1.29 is 14.6 Å². The number of likely N-dealkylation sites (tertiary alicyclic amines) is 1. The highest BCUT2D eigenvalue weighted by atomic mass is 16.5. The van der Waals surface area contributed by atoms with Gasteiger partial charge < -0.3 is 9.84 Å². The van der Waals surface area contributed by atoms with E-state index in [1.165, 1.54) is 25.7 Å². The maximum Gasteiger partial charge on any atom is 0.303 e. The summed E-state index contributed by atoms with van der Waals surface area (Å²) >= 11 is 0. The molecule has 0 radical (unpaired) electrons. The number of hydrogen-bond acceptors (Lipinski definition) is 3. The van der Waals surface area contributed by atoms with Crippen LogP contribution in [0.3, 0.4) is 0 Å². The fourth-order valence-electron chi connectivity index (χ4n) is 3.32. The minimum absolute atomic E-state index is 0.310. The highest BCUT2D eigenvalue weighted by Crippen LogP contribution is 2.27. The smallest absolute Gasteiger partial charge is 0.303 e. The molecule has 0 aromatic rings. The maximum absolute atomic E-state index is 10.7. The van der Waals surface area contributed by atoms with E-state index in [2.05, 4.69) is 4.90 Å². The van der Waals surface area contributed by atoms with Gasteiger partial charge in [0.15, 0.2) is 0 Å². The van der Waals surface area contributed by atoms with Gasteiger partial charge in [-0.15, -0.1) is 0 Å². The van der Waals surface area contributed by atoms with Crippen LogP contribution in [0.4, 0.5) is 0 Å². The van der Waals surface area contributed by atoms with Crippen LogP contribution < -0.4 is 0 Å². The largest absolute Gasteiger partial charge is 0.481 e. The van der Waals surface area contributed by atoms with Crippen LogP contribution in [-0.4, -0.2) is 47.8 Å². The number of nitrogens with zero attached hydrogens (tertiary/aromatic N) is 1.